The van der Waals surface area contributed by atoms with Crippen molar-refractivity contribution in [3.05, 3.63) is 70.4 Å². The molecule has 1 unspecified atom stereocenters. The summed E-state index contributed by atoms with van der Waals surface area (Å²) in [6.07, 6.45) is -3.35. The Bertz CT molecular complexity index is 1240. The van der Waals surface area contributed by atoms with E-state index in [4.69, 9.17) is 11.6 Å². The van der Waals surface area contributed by atoms with Crippen LogP contribution in [0.5, 0.6) is 0 Å². The first kappa shape index (κ1) is 23.9. The zero-order valence-corrected chi connectivity index (χ0v) is 18.7. The number of hydrogen-bond donors (Lipinski definition) is 1. The molecule has 1 atom stereocenters. The van der Waals surface area contributed by atoms with Crippen LogP contribution in [0.15, 0.2) is 54.0 Å². The van der Waals surface area contributed by atoms with Gasteiger partial charge in [0, 0.05) is 24.5 Å². The number of allylic oxidation sites excluding steroid dienone is 1. The van der Waals surface area contributed by atoms with E-state index in [9.17, 15) is 31.9 Å². The summed E-state index contributed by atoms with van der Waals surface area (Å²) in [5.41, 5.74) is -5.85. The van der Waals surface area contributed by atoms with Gasteiger partial charge in [0.2, 0.25) is 5.54 Å². The molecule has 1 aromatic carbocycles. The Morgan fingerprint density at radius 2 is 1.88 bits per heavy atom. The number of Topliss-reactive ketones (excluding diaryl/α,β-unsaturated/α-hetero) is 1. The summed E-state index contributed by atoms with van der Waals surface area (Å²) in [5, 5.41) is 1.38. The highest BCUT2D eigenvalue weighted by Crippen LogP contribution is 2.53. The lowest BCUT2D eigenvalue weighted by Crippen LogP contribution is -2.66. The Hall–Kier alpha value is -3.27. The van der Waals surface area contributed by atoms with Crippen LogP contribution in [-0.4, -0.2) is 34.3 Å². The highest BCUT2D eigenvalue weighted by molar-refractivity contribution is 6.31. The van der Waals surface area contributed by atoms with E-state index in [1.807, 2.05) is 0 Å². The number of ketones is 1. The molecule has 178 valence electrons. The van der Waals surface area contributed by atoms with Crippen molar-refractivity contribution in [1.82, 2.24) is 10.3 Å². The molecule has 1 N–H and O–H groups in total. The number of pyridine rings is 1. The smallest absolute Gasteiger partial charge is 0.326 e. The first-order valence-electron chi connectivity index (χ1n) is 10.1. The number of nitrogens with one attached hydrogen (secondary N) is 1. The molecule has 0 fully saturated rings. The van der Waals surface area contributed by atoms with E-state index < -0.39 is 51.1 Å². The van der Waals surface area contributed by atoms with Gasteiger partial charge in [0.05, 0.1) is 21.8 Å². The maximum atomic E-state index is 14.8. The minimum Gasteiger partial charge on any atom is -0.326 e. The Morgan fingerprint density at radius 1 is 1.18 bits per heavy atom. The molecular weight excluding hydrogens is 478 g/mol. The van der Waals surface area contributed by atoms with Crippen LogP contribution >= 0.6 is 11.6 Å². The summed E-state index contributed by atoms with van der Waals surface area (Å²) in [5.74, 6) is -4.59. The second-order valence-corrected chi connectivity index (χ2v) is 9.35. The van der Waals surface area contributed by atoms with Crippen LogP contribution in [0, 0.1) is 11.2 Å². The van der Waals surface area contributed by atoms with E-state index in [1.54, 1.807) is 19.2 Å². The van der Waals surface area contributed by atoms with Crippen LogP contribution in [-0.2, 0) is 9.59 Å². The van der Waals surface area contributed by atoms with Gasteiger partial charge in [-0.05, 0) is 42.2 Å². The van der Waals surface area contributed by atoms with Gasteiger partial charge in [-0.2, -0.15) is 13.2 Å². The fraction of sp³-hybridized carbons (Fsp3) is 0.304. The van der Waals surface area contributed by atoms with E-state index in [0.29, 0.717) is 4.90 Å². The number of anilines is 1. The molecule has 0 saturated heterocycles. The summed E-state index contributed by atoms with van der Waals surface area (Å²) in [6, 6.07) is 5.57. The van der Waals surface area contributed by atoms with Crippen molar-refractivity contribution >= 4 is 34.9 Å². The fourth-order valence-corrected chi connectivity index (χ4v) is 4.56. The van der Waals surface area contributed by atoms with E-state index >= 15 is 0 Å². The van der Waals surface area contributed by atoms with Crippen LogP contribution < -0.4 is 10.2 Å². The van der Waals surface area contributed by atoms with Crippen molar-refractivity contribution in [2.75, 3.05) is 4.90 Å². The number of aromatic nitrogens is 1. The van der Waals surface area contributed by atoms with Crippen LogP contribution in [0.3, 0.4) is 0 Å². The minimum atomic E-state index is -5.38. The molecule has 2 heterocycles. The molecule has 2 amide bonds. The van der Waals surface area contributed by atoms with Crippen LogP contribution in [0.25, 0.3) is 0 Å². The molecule has 11 heteroatoms. The summed E-state index contributed by atoms with van der Waals surface area (Å²) >= 11 is 5.83. The number of rotatable bonds is 3. The third kappa shape index (κ3) is 3.66. The minimum absolute atomic E-state index is 0.0740. The second kappa shape index (κ2) is 7.90. The van der Waals surface area contributed by atoms with Gasteiger partial charge >= 0.3 is 6.18 Å². The molecule has 6 nitrogen and oxygen atoms in total. The van der Waals surface area contributed by atoms with Crippen LogP contribution in [0.4, 0.5) is 23.2 Å². The predicted molar refractivity (Wildman–Crippen MR) is 114 cm³/mol. The van der Waals surface area contributed by atoms with E-state index in [-0.39, 0.29) is 29.8 Å². The molecule has 0 spiro atoms. The lowest BCUT2D eigenvalue weighted by Gasteiger charge is -2.35. The average molecular weight is 496 g/mol. The molecule has 34 heavy (non-hydrogen) atoms. The number of amides is 2. The summed E-state index contributed by atoms with van der Waals surface area (Å²) in [7, 11) is 0. The largest absolute Gasteiger partial charge is 0.425 e. The molecule has 0 bridgehead atoms. The fourth-order valence-electron chi connectivity index (χ4n) is 4.39. The standard InChI is InChI=1S/C23H18ClF4N3O3/c1-21(2)9-16-18(17(32)10-21)22(23(26,27)28,30-19(33)12-4-3-7-29-11-12)20(34)31(16)13-5-6-15(25)14(24)8-13/h3-8,11H,9-10H2,1-2H3,(H,30,33). The quantitative estimate of drug-likeness (QED) is 0.631. The topological polar surface area (TPSA) is 79.4 Å². The normalized spacial score (nSPS) is 22.1. The van der Waals surface area contributed by atoms with Gasteiger partial charge in [-0.1, -0.05) is 25.4 Å². The maximum absolute atomic E-state index is 14.8. The second-order valence-electron chi connectivity index (χ2n) is 8.95. The zero-order valence-electron chi connectivity index (χ0n) is 18.0. The number of hydrogen-bond acceptors (Lipinski definition) is 4. The molecule has 2 aliphatic rings. The molecule has 1 aromatic heterocycles. The molecular formula is C23H18ClF4N3O3. The highest BCUT2D eigenvalue weighted by Gasteiger charge is 2.72. The summed E-state index contributed by atoms with van der Waals surface area (Å²) in [4.78, 5) is 44.0. The van der Waals surface area contributed by atoms with Gasteiger partial charge in [-0.15, -0.1) is 0 Å². The lowest BCUT2D eigenvalue weighted by molar-refractivity contribution is -0.186. The number of halogens is 5. The van der Waals surface area contributed by atoms with Crippen LogP contribution in [0.1, 0.15) is 37.0 Å². The van der Waals surface area contributed by atoms with Crippen molar-refractivity contribution in [3.8, 4) is 0 Å². The van der Waals surface area contributed by atoms with Crippen molar-refractivity contribution in [3.63, 3.8) is 0 Å². The Kier molecular flexibility index (Phi) is 5.55. The molecule has 0 radical (unpaired) electrons. The highest BCUT2D eigenvalue weighted by atomic mass is 35.5. The SMILES string of the molecule is CC1(C)CC(=O)C2=C(C1)N(c1ccc(F)c(Cl)c1)C(=O)C2(NC(=O)c1cccnc1)C(F)(F)F. The van der Waals surface area contributed by atoms with Crippen molar-refractivity contribution in [2.45, 2.75) is 38.4 Å². The maximum Gasteiger partial charge on any atom is 0.425 e. The van der Waals surface area contributed by atoms with Gasteiger partial charge in [-0.3, -0.25) is 24.3 Å². The Balaban J connectivity index is 1.96. The zero-order chi connectivity index (χ0) is 25.1. The van der Waals surface area contributed by atoms with Gasteiger partial charge in [0.1, 0.15) is 5.82 Å². The van der Waals surface area contributed by atoms with Gasteiger partial charge in [0.15, 0.2) is 5.78 Å². The van der Waals surface area contributed by atoms with Crippen LogP contribution in [0.2, 0.25) is 5.02 Å². The number of benzene rings is 1. The molecule has 1 aliphatic heterocycles. The monoisotopic (exact) mass is 495 g/mol. The van der Waals surface area contributed by atoms with E-state index in [1.165, 1.54) is 18.3 Å². The first-order valence-corrected chi connectivity index (χ1v) is 10.5. The Morgan fingerprint density at radius 3 is 2.47 bits per heavy atom. The van der Waals surface area contributed by atoms with Gasteiger partial charge < -0.3 is 5.32 Å². The van der Waals surface area contributed by atoms with Crippen molar-refractivity contribution in [1.29, 1.82) is 0 Å². The molecule has 1 aliphatic carbocycles. The number of carbonyl (C=O) groups is 3. The number of carbonyl (C=O) groups excluding carboxylic acids is 3. The average Bonchev–Trinajstić information content (AvgIpc) is 2.98. The van der Waals surface area contributed by atoms with Crippen molar-refractivity contribution in [2.24, 2.45) is 5.41 Å². The lowest BCUT2D eigenvalue weighted by atomic mass is 9.72. The number of nitrogens with zero attached hydrogens (tertiary/aromatic N) is 2. The van der Waals surface area contributed by atoms with E-state index in [0.717, 1.165) is 24.4 Å². The molecule has 0 saturated carbocycles. The van der Waals surface area contributed by atoms with E-state index in [2.05, 4.69) is 4.98 Å². The summed E-state index contributed by atoms with van der Waals surface area (Å²) < 4.78 is 58.0. The molecule has 4 rings (SSSR count). The van der Waals surface area contributed by atoms with Crippen molar-refractivity contribution < 1.29 is 31.9 Å². The predicted octanol–water partition coefficient (Wildman–Crippen LogP) is 4.60. The third-order valence-corrected chi connectivity index (χ3v) is 6.12. The van der Waals surface area contributed by atoms with Gasteiger partial charge in [-0.25, -0.2) is 4.39 Å². The first-order chi connectivity index (χ1) is 15.8. The summed E-state index contributed by atoms with van der Waals surface area (Å²) in [6.45, 7) is 3.35. The third-order valence-electron chi connectivity index (χ3n) is 5.83. The number of alkyl halides is 3. The molecule has 2 aromatic rings. The Labute approximate surface area is 196 Å². The van der Waals surface area contributed by atoms with Gasteiger partial charge in [0.25, 0.3) is 11.8 Å².